The van der Waals surface area contributed by atoms with Crippen molar-refractivity contribution in [2.45, 2.75) is 32.2 Å². The van der Waals surface area contributed by atoms with Gasteiger partial charge in [-0.25, -0.2) is 0 Å². The number of carboxylic acids is 1. The second-order valence-electron chi connectivity index (χ2n) is 3.92. The second kappa shape index (κ2) is 5.29. The summed E-state index contributed by atoms with van der Waals surface area (Å²) in [6, 6.07) is -0.427. The van der Waals surface area contributed by atoms with Gasteiger partial charge in [0.2, 0.25) is 0 Å². The standard InChI is InChI=1S/C10H18FNO2/c1-2-9(10(13)14)12-5-3-4-8(6-11)7-12/h8-9H,2-7H2,1H3,(H,13,14)/t8-,9+/m0/s1. The third-order valence-electron chi connectivity index (χ3n) is 2.88. The topological polar surface area (TPSA) is 40.5 Å². The van der Waals surface area contributed by atoms with Crippen LogP contribution in [0.15, 0.2) is 0 Å². The molecule has 14 heavy (non-hydrogen) atoms. The lowest BCUT2D eigenvalue weighted by Crippen LogP contribution is -2.46. The molecule has 0 spiro atoms. The Morgan fingerprint density at radius 3 is 2.93 bits per heavy atom. The minimum Gasteiger partial charge on any atom is -0.480 e. The van der Waals surface area contributed by atoms with Crippen molar-refractivity contribution >= 4 is 5.97 Å². The molecule has 0 bridgehead atoms. The molecule has 4 heteroatoms. The largest absolute Gasteiger partial charge is 0.480 e. The van der Waals surface area contributed by atoms with Crippen molar-refractivity contribution in [3.05, 3.63) is 0 Å². The predicted molar refractivity (Wildman–Crippen MR) is 52.0 cm³/mol. The Bertz CT molecular complexity index is 199. The van der Waals surface area contributed by atoms with Crippen LogP contribution >= 0.6 is 0 Å². The van der Waals surface area contributed by atoms with Crippen molar-refractivity contribution in [3.8, 4) is 0 Å². The van der Waals surface area contributed by atoms with E-state index in [9.17, 15) is 9.18 Å². The van der Waals surface area contributed by atoms with Crippen LogP contribution in [0.5, 0.6) is 0 Å². The summed E-state index contributed by atoms with van der Waals surface area (Å²) in [5, 5.41) is 8.95. The Labute approximate surface area is 83.9 Å². The van der Waals surface area contributed by atoms with Crippen LogP contribution in [0.25, 0.3) is 0 Å². The van der Waals surface area contributed by atoms with Crippen LogP contribution in [0.2, 0.25) is 0 Å². The summed E-state index contributed by atoms with van der Waals surface area (Å²) in [6.07, 6.45) is 2.40. The molecule has 1 heterocycles. The molecule has 0 amide bonds. The number of alkyl halides is 1. The minimum atomic E-state index is -0.785. The summed E-state index contributed by atoms with van der Waals surface area (Å²) >= 11 is 0. The number of carboxylic acid groups (broad SMARTS) is 1. The van der Waals surface area contributed by atoms with E-state index in [1.807, 2.05) is 11.8 Å². The van der Waals surface area contributed by atoms with E-state index in [0.717, 1.165) is 19.4 Å². The Morgan fingerprint density at radius 2 is 2.43 bits per heavy atom. The van der Waals surface area contributed by atoms with E-state index in [1.54, 1.807) is 0 Å². The maximum absolute atomic E-state index is 12.4. The van der Waals surface area contributed by atoms with Gasteiger partial charge in [0.15, 0.2) is 0 Å². The zero-order valence-corrected chi connectivity index (χ0v) is 8.58. The van der Waals surface area contributed by atoms with E-state index in [0.29, 0.717) is 13.0 Å². The molecule has 1 rings (SSSR count). The average molecular weight is 203 g/mol. The fourth-order valence-electron chi connectivity index (χ4n) is 2.10. The summed E-state index contributed by atoms with van der Waals surface area (Å²) in [7, 11) is 0. The molecule has 3 nitrogen and oxygen atoms in total. The van der Waals surface area contributed by atoms with Gasteiger partial charge >= 0.3 is 5.97 Å². The second-order valence-corrected chi connectivity index (χ2v) is 3.92. The van der Waals surface area contributed by atoms with Crippen LogP contribution in [-0.4, -0.2) is 41.8 Å². The summed E-state index contributed by atoms with van der Waals surface area (Å²) in [6.45, 7) is 2.92. The first-order valence-corrected chi connectivity index (χ1v) is 5.21. The zero-order chi connectivity index (χ0) is 10.6. The highest BCUT2D eigenvalue weighted by atomic mass is 19.1. The van der Waals surface area contributed by atoms with Gasteiger partial charge in [0.05, 0.1) is 6.67 Å². The third kappa shape index (κ3) is 2.67. The van der Waals surface area contributed by atoms with E-state index in [2.05, 4.69) is 0 Å². The number of hydrogen-bond acceptors (Lipinski definition) is 2. The monoisotopic (exact) mass is 203 g/mol. The molecule has 0 aromatic heterocycles. The highest BCUT2D eigenvalue weighted by Gasteiger charge is 2.28. The molecule has 1 saturated heterocycles. The van der Waals surface area contributed by atoms with Gasteiger partial charge in [0, 0.05) is 12.5 Å². The molecule has 1 aliphatic heterocycles. The minimum absolute atomic E-state index is 0.0390. The number of carbonyl (C=O) groups is 1. The van der Waals surface area contributed by atoms with Crippen molar-refractivity contribution in [1.82, 2.24) is 4.90 Å². The van der Waals surface area contributed by atoms with Crippen LogP contribution < -0.4 is 0 Å². The molecule has 1 N–H and O–H groups in total. The van der Waals surface area contributed by atoms with Gasteiger partial charge in [-0.15, -0.1) is 0 Å². The fraction of sp³-hybridized carbons (Fsp3) is 0.900. The molecule has 0 aliphatic carbocycles. The van der Waals surface area contributed by atoms with Gasteiger partial charge in [-0.1, -0.05) is 6.92 Å². The van der Waals surface area contributed by atoms with Gasteiger partial charge in [-0.2, -0.15) is 0 Å². The smallest absolute Gasteiger partial charge is 0.320 e. The lowest BCUT2D eigenvalue weighted by atomic mass is 9.97. The summed E-state index contributed by atoms with van der Waals surface area (Å²) in [4.78, 5) is 12.8. The van der Waals surface area contributed by atoms with Crippen molar-refractivity contribution in [1.29, 1.82) is 0 Å². The number of piperidine rings is 1. The van der Waals surface area contributed by atoms with E-state index < -0.39 is 12.0 Å². The predicted octanol–water partition coefficient (Wildman–Crippen LogP) is 1.53. The Morgan fingerprint density at radius 1 is 1.71 bits per heavy atom. The van der Waals surface area contributed by atoms with Crippen molar-refractivity contribution in [3.63, 3.8) is 0 Å². The molecular formula is C10H18FNO2. The highest BCUT2D eigenvalue weighted by molar-refractivity contribution is 5.73. The van der Waals surface area contributed by atoms with Crippen molar-refractivity contribution < 1.29 is 14.3 Å². The quantitative estimate of drug-likeness (QED) is 0.753. The highest BCUT2D eigenvalue weighted by Crippen LogP contribution is 2.20. The first-order valence-electron chi connectivity index (χ1n) is 5.21. The summed E-state index contributed by atoms with van der Waals surface area (Å²) < 4.78 is 12.4. The summed E-state index contributed by atoms with van der Waals surface area (Å²) in [5.74, 6) is -0.746. The molecule has 0 saturated carbocycles. The van der Waals surface area contributed by atoms with E-state index >= 15 is 0 Å². The Kier molecular flexibility index (Phi) is 4.32. The van der Waals surface area contributed by atoms with E-state index in [4.69, 9.17) is 5.11 Å². The van der Waals surface area contributed by atoms with Gasteiger partial charge in [0.1, 0.15) is 6.04 Å². The molecule has 0 unspecified atom stereocenters. The maximum Gasteiger partial charge on any atom is 0.320 e. The Balaban J connectivity index is 2.53. The number of aliphatic carboxylic acids is 1. The van der Waals surface area contributed by atoms with Crippen LogP contribution in [0.4, 0.5) is 4.39 Å². The Hall–Kier alpha value is -0.640. The number of halogens is 1. The number of rotatable bonds is 4. The first-order chi connectivity index (χ1) is 6.69. The van der Waals surface area contributed by atoms with E-state index in [1.165, 1.54) is 0 Å². The van der Waals surface area contributed by atoms with Gasteiger partial charge in [0.25, 0.3) is 0 Å². The third-order valence-corrected chi connectivity index (χ3v) is 2.88. The molecule has 0 aromatic rings. The van der Waals surface area contributed by atoms with E-state index in [-0.39, 0.29) is 12.6 Å². The molecular weight excluding hydrogens is 185 g/mol. The van der Waals surface area contributed by atoms with Crippen LogP contribution in [-0.2, 0) is 4.79 Å². The first kappa shape index (κ1) is 11.4. The van der Waals surface area contributed by atoms with Crippen LogP contribution in [0, 0.1) is 5.92 Å². The van der Waals surface area contributed by atoms with Gasteiger partial charge in [-0.05, 0) is 25.8 Å². The molecule has 0 aromatic carbocycles. The molecule has 2 atom stereocenters. The molecule has 1 fully saturated rings. The SMILES string of the molecule is CC[C@H](C(=O)O)N1CCC[C@@H](CF)C1. The lowest BCUT2D eigenvalue weighted by Gasteiger charge is -2.35. The molecule has 1 aliphatic rings. The molecule has 82 valence electrons. The number of likely N-dealkylation sites (tertiary alicyclic amines) is 1. The van der Waals surface area contributed by atoms with Crippen LogP contribution in [0.3, 0.4) is 0 Å². The summed E-state index contributed by atoms with van der Waals surface area (Å²) in [5.41, 5.74) is 0. The van der Waals surface area contributed by atoms with Gasteiger partial charge in [-0.3, -0.25) is 14.1 Å². The van der Waals surface area contributed by atoms with Gasteiger partial charge < -0.3 is 5.11 Å². The number of hydrogen-bond donors (Lipinski definition) is 1. The lowest BCUT2D eigenvalue weighted by molar-refractivity contribution is -0.144. The maximum atomic E-state index is 12.4. The average Bonchev–Trinajstić information content (AvgIpc) is 2.19. The van der Waals surface area contributed by atoms with Crippen LogP contribution in [0.1, 0.15) is 26.2 Å². The van der Waals surface area contributed by atoms with Crippen molar-refractivity contribution in [2.75, 3.05) is 19.8 Å². The normalized spacial score (nSPS) is 26.0. The van der Waals surface area contributed by atoms with Crippen molar-refractivity contribution in [2.24, 2.45) is 5.92 Å². The zero-order valence-electron chi connectivity index (χ0n) is 8.58. The fourth-order valence-corrected chi connectivity index (χ4v) is 2.10. The molecule has 0 radical (unpaired) electrons. The number of nitrogens with zero attached hydrogens (tertiary/aromatic N) is 1.